The van der Waals surface area contributed by atoms with Crippen molar-refractivity contribution >= 4 is 38.3 Å². The molecule has 1 saturated carbocycles. The lowest BCUT2D eigenvalue weighted by molar-refractivity contribution is -0.116. The van der Waals surface area contributed by atoms with Gasteiger partial charge < -0.3 is 10.2 Å². The smallest absolute Gasteiger partial charge is 0.223 e. The number of aryl methyl sites for hydroxylation is 1. The Hall–Kier alpha value is -1.62. The van der Waals surface area contributed by atoms with Crippen LogP contribution in [-0.2, 0) is 11.2 Å². The van der Waals surface area contributed by atoms with E-state index in [0.29, 0.717) is 6.04 Å². The maximum Gasteiger partial charge on any atom is 0.223 e. The molecule has 1 aliphatic carbocycles. The second-order valence-corrected chi connectivity index (χ2v) is 7.75. The van der Waals surface area contributed by atoms with Gasteiger partial charge in [0, 0.05) is 25.2 Å². The van der Waals surface area contributed by atoms with E-state index < -0.39 is 0 Å². The second-order valence-electron chi connectivity index (χ2n) is 6.72. The van der Waals surface area contributed by atoms with Crippen LogP contribution in [0.25, 0.3) is 10.2 Å². The molecule has 0 saturated heterocycles. The van der Waals surface area contributed by atoms with Gasteiger partial charge in [-0.2, -0.15) is 0 Å². The molecule has 0 radical (unpaired) electrons. The van der Waals surface area contributed by atoms with Crippen LogP contribution in [0.5, 0.6) is 0 Å². The Labute approximate surface area is 140 Å². The maximum atomic E-state index is 11.9. The van der Waals surface area contributed by atoms with Gasteiger partial charge in [0.05, 0.1) is 10.2 Å². The van der Waals surface area contributed by atoms with Crippen molar-refractivity contribution in [2.45, 2.75) is 57.9 Å². The van der Waals surface area contributed by atoms with E-state index >= 15 is 0 Å². The molecule has 0 unspecified atom stereocenters. The molecule has 122 valence electrons. The molecular formula is C18H23N3OS. The summed E-state index contributed by atoms with van der Waals surface area (Å²) in [6, 6.07) is 4.92. The third-order valence-electron chi connectivity index (χ3n) is 5.02. The number of amides is 1. The standard InChI is InChI=1S/C18H23N3OS/c1-12(22)21-9-5-6-13-10-17-15(11-16(13)21)20-18(23-17)19-14-7-3-2-4-8-14/h10-11,14H,2-9H2,1H3,(H,19,20). The molecule has 5 heteroatoms. The van der Waals surface area contributed by atoms with Crippen LogP contribution in [0.1, 0.15) is 51.0 Å². The minimum absolute atomic E-state index is 0.126. The van der Waals surface area contributed by atoms with Crippen molar-refractivity contribution < 1.29 is 4.79 Å². The number of hydrogen-bond acceptors (Lipinski definition) is 4. The first-order valence-corrected chi connectivity index (χ1v) is 9.50. The van der Waals surface area contributed by atoms with Crippen LogP contribution in [0, 0.1) is 0 Å². The first-order chi connectivity index (χ1) is 11.2. The third kappa shape index (κ3) is 2.94. The highest BCUT2D eigenvalue weighted by Gasteiger charge is 2.22. The fourth-order valence-electron chi connectivity index (χ4n) is 3.81. The van der Waals surface area contributed by atoms with Gasteiger partial charge in [-0.3, -0.25) is 4.79 Å². The van der Waals surface area contributed by atoms with Gasteiger partial charge in [-0.05, 0) is 43.4 Å². The monoisotopic (exact) mass is 329 g/mol. The van der Waals surface area contributed by atoms with E-state index in [1.165, 1.54) is 42.4 Å². The summed E-state index contributed by atoms with van der Waals surface area (Å²) in [6.07, 6.45) is 8.62. The van der Waals surface area contributed by atoms with E-state index in [4.69, 9.17) is 4.98 Å². The van der Waals surface area contributed by atoms with Crippen molar-refractivity contribution in [3.8, 4) is 0 Å². The molecule has 0 bridgehead atoms. The topological polar surface area (TPSA) is 45.2 Å². The van der Waals surface area contributed by atoms with Crippen LogP contribution < -0.4 is 10.2 Å². The van der Waals surface area contributed by atoms with Gasteiger partial charge in [0.2, 0.25) is 5.91 Å². The average molecular weight is 329 g/mol. The minimum Gasteiger partial charge on any atom is -0.359 e. The molecule has 1 N–H and O–H groups in total. The summed E-state index contributed by atoms with van der Waals surface area (Å²) in [6.45, 7) is 2.47. The maximum absolute atomic E-state index is 11.9. The Bertz CT molecular complexity index is 733. The molecule has 1 aliphatic heterocycles. The Kier molecular flexibility index (Phi) is 3.97. The fraction of sp³-hybridized carbons (Fsp3) is 0.556. The first-order valence-electron chi connectivity index (χ1n) is 8.69. The normalized spacial score (nSPS) is 18.9. The summed E-state index contributed by atoms with van der Waals surface area (Å²) < 4.78 is 1.23. The summed E-state index contributed by atoms with van der Waals surface area (Å²) in [7, 11) is 0. The van der Waals surface area contributed by atoms with Gasteiger partial charge in [0.25, 0.3) is 0 Å². The summed E-state index contributed by atoms with van der Waals surface area (Å²) in [5.74, 6) is 0.126. The number of benzene rings is 1. The van der Waals surface area contributed by atoms with Crippen molar-refractivity contribution in [2.24, 2.45) is 0 Å². The highest BCUT2D eigenvalue weighted by atomic mass is 32.1. The van der Waals surface area contributed by atoms with E-state index in [1.807, 2.05) is 4.90 Å². The van der Waals surface area contributed by atoms with Gasteiger partial charge in [0.15, 0.2) is 5.13 Å². The zero-order chi connectivity index (χ0) is 15.8. The lowest BCUT2D eigenvalue weighted by Crippen LogP contribution is -2.33. The van der Waals surface area contributed by atoms with Crippen molar-refractivity contribution in [3.05, 3.63) is 17.7 Å². The third-order valence-corrected chi connectivity index (χ3v) is 5.97. The Balaban J connectivity index is 1.65. The molecular weight excluding hydrogens is 306 g/mol. The molecule has 2 aliphatic rings. The van der Waals surface area contributed by atoms with Gasteiger partial charge in [-0.1, -0.05) is 30.6 Å². The molecule has 1 aromatic heterocycles. The van der Waals surface area contributed by atoms with E-state index in [-0.39, 0.29) is 5.91 Å². The number of rotatable bonds is 2. The lowest BCUT2D eigenvalue weighted by Gasteiger charge is -2.28. The number of hydrogen-bond donors (Lipinski definition) is 1. The van der Waals surface area contributed by atoms with Crippen molar-refractivity contribution in [1.29, 1.82) is 0 Å². The lowest BCUT2D eigenvalue weighted by atomic mass is 9.96. The molecule has 2 aromatic rings. The summed E-state index contributed by atoms with van der Waals surface area (Å²) in [5, 5.41) is 4.65. The quantitative estimate of drug-likeness (QED) is 0.891. The molecule has 23 heavy (non-hydrogen) atoms. The van der Waals surface area contributed by atoms with Gasteiger partial charge >= 0.3 is 0 Å². The number of nitrogens with one attached hydrogen (secondary N) is 1. The number of anilines is 2. The minimum atomic E-state index is 0.126. The molecule has 4 rings (SSSR count). The van der Waals surface area contributed by atoms with Gasteiger partial charge in [-0.25, -0.2) is 4.98 Å². The van der Waals surface area contributed by atoms with Crippen LogP contribution in [0.3, 0.4) is 0 Å². The van der Waals surface area contributed by atoms with E-state index in [0.717, 1.165) is 35.7 Å². The van der Waals surface area contributed by atoms with Crippen LogP contribution in [0.15, 0.2) is 12.1 Å². The zero-order valence-corrected chi connectivity index (χ0v) is 14.4. The van der Waals surface area contributed by atoms with Crippen LogP contribution >= 0.6 is 11.3 Å². The molecule has 1 aromatic carbocycles. The summed E-state index contributed by atoms with van der Waals surface area (Å²) >= 11 is 1.75. The highest BCUT2D eigenvalue weighted by molar-refractivity contribution is 7.22. The molecule has 0 atom stereocenters. The summed E-state index contributed by atoms with van der Waals surface area (Å²) in [4.78, 5) is 18.5. The van der Waals surface area contributed by atoms with E-state index in [1.54, 1.807) is 18.3 Å². The number of fused-ring (bicyclic) bond motifs is 2. The van der Waals surface area contributed by atoms with Crippen LogP contribution in [-0.4, -0.2) is 23.5 Å². The molecule has 1 fully saturated rings. The SMILES string of the molecule is CC(=O)N1CCCc2cc3sc(NC4CCCCC4)nc3cc21. The number of aromatic nitrogens is 1. The Morgan fingerprint density at radius 3 is 2.87 bits per heavy atom. The predicted octanol–water partition coefficient (Wildman–Crippen LogP) is 4.34. The predicted molar refractivity (Wildman–Crippen MR) is 96.5 cm³/mol. The number of nitrogens with zero attached hydrogens (tertiary/aromatic N) is 2. The van der Waals surface area contributed by atoms with Crippen molar-refractivity contribution in [3.63, 3.8) is 0 Å². The first kappa shape index (κ1) is 14.9. The number of thiazole rings is 1. The average Bonchev–Trinajstić information content (AvgIpc) is 2.93. The van der Waals surface area contributed by atoms with Gasteiger partial charge in [-0.15, -0.1) is 0 Å². The van der Waals surface area contributed by atoms with Crippen LogP contribution in [0.4, 0.5) is 10.8 Å². The van der Waals surface area contributed by atoms with E-state index in [2.05, 4.69) is 17.4 Å². The molecule has 1 amide bonds. The molecule has 2 heterocycles. The Morgan fingerprint density at radius 2 is 2.09 bits per heavy atom. The van der Waals surface area contributed by atoms with Crippen molar-refractivity contribution in [2.75, 3.05) is 16.8 Å². The summed E-state index contributed by atoms with van der Waals surface area (Å²) in [5.41, 5.74) is 3.36. The second kappa shape index (κ2) is 6.11. The van der Waals surface area contributed by atoms with Crippen LogP contribution in [0.2, 0.25) is 0 Å². The Morgan fingerprint density at radius 1 is 1.26 bits per heavy atom. The molecule has 4 nitrogen and oxygen atoms in total. The zero-order valence-electron chi connectivity index (χ0n) is 13.6. The number of carbonyl (C=O) groups is 1. The highest BCUT2D eigenvalue weighted by Crippen LogP contribution is 2.36. The van der Waals surface area contributed by atoms with Gasteiger partial charge in [0.1, 0.15) is 0 Å². The molecule has 0 spiro atoms. The number of carbonyl (C=O) groups excluding carboxylic acids is 1. The van der Waals surface area contributed by atoms with E-state index in [9.17, 15) is 4.79 Å². The fourth-order valence-corrected chi connectivity index (χ4v) is 4.80. The largest absolute Gasteiger partial charge is 0.359 e. The van der Waals surface area contributed by atoms with Crippen molar-refractivity contribution in [1.82, 2.24) is 4.98 Å².